The third kappa shape index (κ3) is 2.36. The normalized spacial score (nSPS) is 22.2. The van der Waals surface area contributed by atoms with E-state index < -0.39 is 5.79 Å². The summed E-state index contributed by atoms with van der Waals surface area (Å²) in [7, 11) is 0. The Labute approximate surface area is 85.5 Å². The summed E-state index contributed by atoms with van der Waals surface area (Å²) in [5.41, 5.74) is 0.0234. The first-order valence-electron chi connectivity index (χ1n) is 4.86. The first kappa shape index (κ1) is 11.3. The van der Waals surface area contributed by atoms with Gasteiger partial charge in [0.25, 0.3) is 0 Å². The summed E-state index contributed by atoms with van der Waals surface area (Å²) in [4.78, 5) is 0. The lowest BCUT2D eigenvalue weighted by molar-refractivity contribution is -0.226. The quantitative estimate of drug-likeness (QED) is 0.662. The second-order valence-electron chi connectivity index (χ2n) is 4.49. The van der Waals surface area contributed by atoms with Crippen LogP contribution in [-0.4, -0.2) is 24.9 Å². The van der Waals surface area contributed by atoms with Gasteiger partial charge in [0.1, 0.15) is 0 Å². The molecule has 0 radical (unpaired) electrons. The monoisotopic (exact) mass is 206 g/mol. The van der Waals surface area contributed by atoms with Crippen LogP contribution in [0.15, 0.2) is 0 Å². The van der Waals surface area contributed by atoms with E-state index in [-0.39, 0.29) is 5.41 Å². The summed E-state index contributed by atoms with van der Waals surface area (Å²) in [6.45, 7) is 7.85. The average molecular weight is 207 g/mol. The van der Waals surface area contributed by atoms with Gasteiger partial charge in [-0.05, 0) is 6.42 Å². The van der Waals surface area contributed by atoms with Gasteiger partial charge in [-0.1, -0.05) is 20.8 Å². The summed E-state index contributed by atoms with van der Waals surface area (Å²) in [5, 5.41) is 0. The SMILES string of the molecule is CC(C)(C)C1(CCCCl)OCCO1. The van der Waals surface area contributed by atoms with E-state index in [4.69, 9.17) is 21.1 Å². The maximum Gasteiger partial charge on any atom is 0.173 e. The Morgan fingerprint density at radius 3 is 2.15 bits per heavy atom. The molecule has 0 aromatic rings. The molecule has 0 unspecified atom stereocenters. The van der Waals surface area contributed by atoms with Crippen LogP contribution in [0.3, 0.4) is 0 Å². The maximum atomic E-state index is 5.73. The molecule has 2 nitrogen and oxygen atoms in total. The molecule has 0 aromatic heterocycles. The highest BCUT2D eigenvalue weighted by atomic mass is 35.5. The second kappa shape index (κ2) is 4.16. The molecule has 13 heavy (non-hydrogen) atoms. The molecule has 1 aliphatic heterocycles. The van der Waals surface area contributed by atoms with Crippen molar-refractivity contribution in [3.8, 4) is 0 Å². The van der Waals surface area contributed by atoms with Gasteiger partial charge in [-0.3, -0.25) is 0 Å². The molecule has 0 amide bonds. The van der Waals surface area contributed by atoms with Crippen LogP contribution in [-0.2, 0) is 9.47 Å². The van der Waals surface area contributed by atoms with Crippen LogP contribution < -0.4 is 0 Å². The van der Waals surface area contributed by atoms with E-state index in [2.05, 4.69) is 20.8 Å². The standard InChI is InChI=1S/C10H19ClO2/c1-9(2,3)10(5-4-6-11)12-7-8-13-10/h4-8H2,1-3H3. The van der Waals surface area contributed by atoms with E-state index in [1.54, 1.807) is 0 Å². The molecule has 1 fully saturated rings. The first-order valence-corrected chi connectivity index (χ1v) is 5.39. The topological polar surface area (TPSA) is 18.5 Å². The number of alkyl halides is 1. The van der Waals surface area contributed by atoms with Crippen molar-refractivity contribution in [1.82, 2.24) is 0 Å². The highest BCUT2D eigenvalue weighted by Crippen LogP contribution is 2.41. The van der Waals surface area contributed by atoms with E-state index in [0.717, 1.165) is 12.8 Å². The number of hydrogen-bond acceptors (Lipinski definition) is 2. The minimum Gasteiger partial charge on any atom is -0.347 e. The van der Waals surface area contributed by atoms with Crippen molar-refractivity contribution in [3.05, 3.63) is 0 Å². The first-order chi connectivity index (χ1) is 6.02. The van der Waals surface area contributed by atoms with E-state index in [1.807, 2.05) is 0 Å². The van der Waals surface area contributed by atoms with E-state index >= 15 is 0 Å². The smallest absolute Gasteiger partial charge is 0.173 e. The number of halogens is 1. The van der Waals surface area contributed by atoms with Crippen LogP contribution in [0.5, 0.6) is 0 Å². The molecule has 0 aliphatic carbocycles. The zero-order chi connectivity index (χ0) is 9.95. The molecule has 1 rings (SSSR count). The molecular formula is C10H19ClO2. The lowest BCUT2D eigenvalue weighted by atomic mass is 9.82. The molecule has 0 N–H and O–H groups in total. The molecule has 0 aromatic carbocycles. The van der Waals surface area contributed by atoms with Crippen molar-refractivity contribution >= 4 is 11.6 Å². The summed E-state index contributed by atoms with van der Waals surface area (Å²) < 4.78 is 11.5. The molecule has 78 valence electrons. The van der Waals surface area contributed by atoms with Gasteiger partial charge in [-0.2, -0.15) is 0 Å². The van der Waals surface area contributed by atoms with Crippen molar-refractivity contribution in [2.75, 3.05) is 19.1 Å². The number of hydrogen-bond donors (Lipinski definition) is 0. The number of ether oxygens (including phenoxy) is 2. The van der Waals surface area contributed by atoms with Crippen molar-refractivity contribution in [3.63, 3.8) is 0 Å². The molecule has 0 atom stereocenters. The average Bonchev–Trinajstić information content (AvgIpc) is 2.48. The predicted octanol–water partition coefficient (Wildman–Crippen LogP) is 2.79. The van der Waals surface area contributed by atoms with Crippen LogP contribution in [0.25, 0.3) is 0 Å². The predicted molar refractivity (Wildman–Crippen MR) is 54.0 cm³/mol. The zero-order valence-electron chi connectivity index (χ0n) is 8.73. The van der Waals surface area contributed by atoms with Crippen molar-refractivity contribution in [2.45, 2.75) is 39.4 Å². The van der Waals surface area contributed by atoms with Crippen LogP contribution >= 0.6 is 11.6 Å². The Kier molecular flexibility index (Phi) is 3.61. The van der Waals surface area contributed by atoms with Gasteiger partial charge in [-0.15, -0.1) is 11.6 Å². The van der Waals surface area contributed by atoms with E-state index in [9.17, 15) is 0 Å². The molecule has 1 heterocycles. The van der Waals surface area contributed by atoms with Gasteiger partial charge in [-0.25, -0.2) is 0 Å². The Morgan fingerprint density at radius 2 is 1.77 bits per heavy atom. The van der Waals surface area contributed by atoms with Gasteiger partial charge in [0.15, 0.2) is 5.79 Å². The lowest BCUT2D eigenvalue weighted by Gasteiger charge is -2.39. The molecule has 1 saturated heterocycles. The van der Waals surface area contributed by atoms with Gasteiger partial charge < -0.3 is 9.47 Å². The zero-order valence-corrected chi connectivity index (χ0v) is 9.49. The fraction of sp³-hybridized carbons (Fsp3) is 1.00. The molecule has 1 aliphatic rings. The highest BCUT2D eigenvalue weighted by Gasteiger charge is 2.46. The van der Waals surface area contributed by atoms with Crippen LogP contribution in [0, 0.1) is 5.41 Å². The Morgan fingerprint density at radius 1 is 1.23 bits per heavy atom. The van der Waals surface area contributed by atoms with Gasteiger partial charge in [0, 0.05) is 17.7 Å². The molecule has 0 saturated carbocycles. The van der Waals surface area contributed by atoms with Crippen LogP contribution in [0.4, 0.5) is 0 Å². The van der Waals surface area contributed by atoms with Crippen molar-refractivity contribution in [1.29, 1.82) is 0 Å². The number of rotatable bonds is 3. The molecule has 0 bridgehead atoms. The maximum absolute atomic E-state index is 5.73. The minimum absolute atomic E-state index is 0.0234. The van der Waals surface area contributed by atoms with Crippen molar-refractivity contribution in [2.24, 2.45) is 5.41 Å². The van der Waals surface area contributed by atoms with E-state index in [1.165, 1.54) is 0 Å². The molecule has 0 spiro atoms. The Bertz CT molecular complexity index is 157. The summed E-state index contributed by atoms with van der Waals surface area (Å²) in [5.74, 6) is 0.270. The Balaban J connectivity index is 2.64. The lowest BCUT2D eigenvalue weighted by Crippen LogP contribution is -2.44. The van der Waals surface area contributed by atoms with Crippen LogP contribution in [0.2, 0.25) is 0 Å². The largest absolute Gasteiger partial charge is 0.347 e. The minimum atomic E-state index is -0.401. The van der Waals surface area contributed by atoms with Gasteiger partial charge in [0.2, 0.25) is 0 Å². The van der Waals surface area contributed by atoms with Gasteiger partial charge in [0.05, 0.1) is 13.2 Å². The fourth-order valence-electron chi connectivity index (χ4n) is 1.71. The highest BCUT2D eigenvalue weighted by molar-refractivity contribution is 6.17. The summed E-state index contributed by atoms with van der Waals surface area (Å²) >= 11 is 5.68. The third-order valence-corrected chi connectivity index (χ3v) is 2.80. The van der Waals surface area contributed by atoms with Crippen LogP contribution in [0.1, 0.15) is 33.6 Å². The fourth-order valence-corrected chi connectivity index (χ4v) is 1.84. The Hall–Kier alpha value is 0.210. The van der Waals surface area contributed by atoms with Gasteiger partial charge >= 0.3 is 0 Å². The third-order valence-electron chi connectivity index (χ3n) is 2.54. The van der Waals surface area contributed by atoms with Crippen molar-refractivity contribution < 1.29 is 9.47 Å². The summed E-state index contributed by atoms with van der Waals surface area (Å²) in [6, 6.07) is 0. The molecule has 3 heteroatoms. The van der Waals surface area contributed by atoms with E-state index in [0.29, 0.717) is 19.1 Å². The molecular weight excluding hydrogens is 188 g/mol. The summed E-state index contributed by atoms with van der Waals surface area (Å²) in [6.07, 6.45) is 1.83. The second-order valence-corrected chi connectivity index (χ2v) is 4.87.